The summed E-state index contributed by atoms with van der Waals surface area (Å²) in [5, 5.41) is 8.64. The van der Waals surface area contributed by atoms with Crippen molar-refractivity contribution in [3.05, 3.63) is 29.3 Å². The van der Waals surface area contributed by atoms with Gasteiger partial charge in [0.15, 0.2) is 13.2 Å². The quantitative estimate of drug-likeness (QED) is 0.417. The number of carboxylic acids is 1. The Kier molecular flexibility index (Phi) is 7.95. The van der Waals surface area contributed by atoms with Crippen LogP contribution in [-0.2, 0) is 36.6 Å². The number of rotatable bonds is 9. The van der Waals surface area contributed by atoms with Crippen molar-refractivity contribution in [1.29, 1.82) is 0 Å². The highest BCUT2D eigenvalue weighted by Gasteiger charge is 2.48. The van der Waals surface area contributed by atoms with E-state index in [0.717, 1.165) is 63.4 Å². The van der Waals surface area contributed by atoms with E-state index in [9.17, 15) is 14.4 Å². The molecule has 0 unspecified atom stereocenters. The van der Waals surface area contributed by atoms with Crippen LogP contribution in [0.25, 0.3) is 0 Å². The molecule has 0 amide bonds. The molecule has 5 atom stereocenters. The molecule has 2 fully saturated rings. The lowest BCUT2D eigenvalue weighted by Crippen LogP contribution is -2.33. The molecule has 1 aromatic rings. The summed E-state index contributed by atoms with van der Waals surface area (Å²) in [5.74, 6) is -0.150. The molecule has 8 nitrogen and oxygen atoms in total. The molecule has 4 rings (SSSR count). The molecule has 1 saturated heterocycles. The number of fused-ring (bicyclic) bond motifs is 4. The second-order valence-corrected chi connectivity index (χ2v) is 9.69. The van der Waals surface area contributed by atoms with Crippen LogP contribution in [0.1, 0.15) is 63.0 Å². The maximum Gasteiger partial charge on any atom is 0.508 e. The van der Waals surface area contributed by atoms with Crippen molar-refractivity contribution in [2.45, 2.75) is 76.9 Å². The highest BCUT2D eigenvalue weighted by molar-refractivity contribution is 5.76. The average Bonchev–Trinajstić information content (AvgIpc) is 3.12. The van der Waals surface area contributed by atoms with Crippen LogP contribution in [-0.4, -0.2) is 48.6 Å². The first kappa shape index (κ1) is 24.4. The van der Waals surface area contributed by atoms with Crippen molar-refractivity contribution in [2.75, 3.05) is 13.2 Å². The molecule has 8 heteroatoms. The lowest BCUT2D eigenvalue weighted by atomic mass is 9.73. The van der Waals surface area contributed by atoms with Gasteiger partial charge >= 0.3 is 18.1 Å². The van der Waals surface area contributed by atoms with Gasteiger partial charge in [-0.1, -0.05) is 31.9 Å². The number of aliphatic carboxylic acids is 1. The van der Waals surface area contributed by atoms with E-state index >= 15 is 0 Å². The highest BCUT2D eigenvalue weighted by Crippen LogP contribution is 2.50. The van der Waals surface area contributed by atoms with E-state index in [2.05, 4.69) is 17.7 Å². The maximum absolute atomic E-state index is 12.4. The maximum atomic E-state index is 12.4. The number of unbranched alkanes of at least 4 members (excludes halogenated alkanes) is 2. The van der Waals surface area contributed by atoms with Crippen LogP contribution in [0.5, 0.6) is 5.75 Å². The monoisotopic (exact) mass is 474 g/mol. The molecule has 2 aliphatic carbocycles. The summed E-state index contributed by atoms with van der Waals surface area (Å²) in [5.41, 5.74) is 2.27. The minimum Gasteiger partial charge on any atom is -0.482 e. The Morgan fingerprint density at radius 3 is 2.74 bits per heavy atom. The van der Waals surface area contributed by atoms with Crippen LogP contribution in [0.2, 0.25) is 0 Å². The normalized spacial score (nSPS) is 27.7. The van der Waals surface area contributed by atoms with Crippen molar-refractivity contribution in [3.63, 3.8) is 0 Å². The Morgan fingerprint density at radius 2 is 1.94 bits per heavy atom. The van der Waals surface area contributed by atoms with Crippen LogP contribution < -0.4 is 4.74 Å². The molecule has 0 spiro atoms. The molecule has 1 heterocycles. The molecule has 3 aliphatic rings. The zero-order valence-electron chi connectivity index (χ0n) is 19.7. The van der Waals surface area contributed by atoms with Crippen molar-refractivity contribution in [2.24, 2.45) is 17.8 Å². The number of carbonyl (C=O) groups is 3. The van der Waals surface area contributed by atoms with Gasteiger partial charge in [0.1, 0.15) is 18.0 Å². The van der Waals surface area contributed by atoms with Crippen molar-refractivity contribution < 1.29 is 38.4 Å². The van der Waals surface area contributed by atoms with Gasteiger partial charge in [-0.2, -0.15) is 0 Å². The van der Waals surface area contributed by atoms with Gasteiger partial charge in [-0.05, 0) is 79.9 Å². The van der Waals surface area contributed by atoms with Gasteiger partial charge in [0.05, 0.1) is 0 Å². The van der Waals surface area contributed by atoms with Gasteiger partial charge in [-0.25, -0.2) is 14.4 Å². The fourth-order valence-corrected chi connectivity index (χ4v) is 5.92. The number of esters is 1. The number of cyclic esters (lactones) is 1. The summed E-state index contributed by atoms with van der Waals surface area (Å²) in [4.78, 5) is 34.7. The summed E-state index contributed by atoms with van der Waals surface area (Å²) in [7, 11) is 0. The van der Waals surface area contributed by atoms with Crippen LogP contribution in [0.4, 0.5) is 4.79 Å². The Balaban J connectivity index is 1.41. The Labute approximate surface area is 199 Å². The third-order valence-corrected chi connectivity index (χ3v) is 7.48. The smallest absolute Gasteiger partial charge is 0.482 e. The number of carbonyl (C=O) groups excluding carboxylic acids is 2. The number of hydrogen-bond acceptors (Lipinski definition) is 7. The molecule has 1 aliphatic heterocycles. The fraction of sp³-hybridized carbons (Fsp3) is 0.654. The van der Waals surface area contributed by atoms with E-state index < -0.39 is 24.7 Å². The third kappa shape index (κ3) is 5.83. The summed E-state index contributed by atoms with van der Waals surface area (Å²) in [6, 6.07) is 5.84. The number of hydrogen-bond donors (Lipinski definition) is 1. The second-order valence-electron chi connectivity index (χ2n) is 9.69. The molecule has 1 aromatic carbocycles. The first-order chi connectivity index (χ1) is 16.4. The highest BCUT2D eigenvalue weighted by atomic mass is 16.7. The van der Waals surface area contributed by atoms with E-state index in [0.29, 0.717) is 23.5 Å². The third-order valence-electron chi connectivity index (χ3n) is 7.48. The topological polar surface area (TPSA) is 108 Å². The van der Waals surface area contributed by atoms with Crippen LogP contribution >= 0.6 is 0 Å². The first-order valence-corrected chi connectivity index (χ1v) is 12.4. The van der Waals surface area contributed by atoms with E-state index in [-0.39, 0.29) is 18.8 Å². The van der Waals surface area contributed by atoms with Crippen molar-refractivity contribution in [1.82, 2.24) is 0 Å². The lowest BCUT2D eigenvalue weighted by Gasteiger charge is -2.34. The SMILES string of the molecule is CCCCC[C@H]1CC[C@@H]2[C@H]3Cc4cccc(OCC(=O)OCC(=O)O)c4C[C@H]3C[C@H]2OC(=O)O1. The standard InChI is InChI=1S/C26H34O8/c1-2-3-4-7-18-9-10-19-20-11-16-6-5-8-22(31-15-25(29)32-14-24(27)28)21(16)12-17(20)13-23(19)34-26(30)33-18/h5-6,8,17-20,23H,2-4,7,9-15H2,1H3,(H,27,28)/t17-,18-,19+,20-,23+/m0/s1. The number of carboxylic acid groups (broad SMARTS) is 1. The molecule has 0 radical (unpaired) electrons. The summed E-state index contributed by atoms with van der Waals surface area (Å²) < 4.78 is 21.8. The molecule has 186 valence electrons. The van der Waals surface area contributed by atoms with E-state index in [1.54, 1.807) is 0 Å². The molecule has 34 heavy (non-hydrogen) atoms. The summed E-state index contributed by atoms with van der Waals surface area (Å²) >= 11 is 0. The van der Waals surface area contributed by atoms with Crippen molar-refractivity contribution >= 4 is 18.1 Å². The predicted molar refractivity (Wildman–Crippen MR) is 122 cm³/mol. The first-order valence-electron chi connectivity index (χ1n) is 12.4. The minimum absolute atomic E-state index is 0.0594. The van der Waals surface area contributed by atoms with Gasteiger partial charge in [0.2, 0.25) is 0 Å². The summed E-state index contributed by atoms with van der Waals surface area (Å²) in [6.07, 6.45) is 7.90. The van der Waals surface area contributed by atoms with Gasteiger partial charge in [-0.3, -0.25) is 0 Å². The van der Waals surface area contributed by atoms with Crippen LogP contribution in [0.15, 0.2) is 18.2 Å². The largest absolute Gasteiger partial charge is 0.508 e. The minimum atomic E-state index is -1.20. The molecular weight excluding hydrogens is 440 g/mol. The Morgan fingerprint density at radius 1 is 1.09 bits per heavy atom. The van der Waals surface area contributed by atoms with Gasteiger partial charge in [-0.15, -0.1) is 0 Å². The summed E-state index contributed by atoms with van der Waals surface area (Å²) in [6.45, 7) is 1.15. The Hall–Kier alpha value is -2.77. The second kappa shape index (κ2) is 11.1. The van der Waals surface area contributed by atoms with Crippen LogP contribution in [0, 0.1) is 17.8 Å². The number of benzene rings is 1. The number of ether oxygens (including phenoxy) is 4. The fourth-order valence-electron chi connectivity index (χ4n) is 5.92. The Bertz CT molecular complexity index is 897. The zero-order valence-corrected chi connectivity index (χ0v) is 19.7. The average molecular weight is 475 g/mol. The van der Waals surface area contributed by atoms with E-state index in [1.807, 2.05) is 12.1 Å². The van der Waals surface area contributed by atoms with Gasteiger partial charge in [0, 0.05) is 0 Å². The van der Waals surface area contributed by atoms with Gasteiger partial charge < -0.3 is 24.1 Å². The van der Waals surface area contributed by atoms with Gasteiger partial charge in [0.25, 0.3) is 0 Å². The van der Waals surface area contributed by atoms with E-state index in [4.69, 9.17) is 19.3 Å². The molecule has 0 aromatic heterocycles. The molecular formula is C26H34O8. The predicted octanol–water partition coefficient (Wildman–Crippen LogP) is 4.31. The molecule has 0 bridgehead atoms. The van der Waals surface area contributed by atoms with Crippen molar-refractivity contribution in [3.8, 4) is 5.75 Å². The molecule has 1 N–H and O–H groups in total. The van der Waals surface area contributed by atoms with E-state index in [1.165, 1.54) is 5.56 Å². The van der Waals surface area contributed by atoms with Crippen LogP contribution in [0.3, 0.4) is 0 Å². The molecule has 1 saturated carbocycles. The lowest BCUT2D eigenvalue weighted by molar-refractivity contribution is -0.156. The zero-order chi connectivity index (χ0) is 24.1.